The van der Waals surface area contributed by atoms with E-state index in [0.29, 0.717) is 5.89 Å². The molecule has 0 aliphatic rings. The van der Waals surface area contributed by atoms with Crippen LogP contribution in [0.25, 0.3) is 77.9 Å². The summed E-state index contributed by atoms with van der Waals surface area (Å²) in [6, 6.07) is 67.7. The zero-order valence-electron chi connectivity index (χ0n) is 28.7. The first-order valence-corrected chi connectivity index (χ1v) is 17.8. The normalized spacial score (nSPS) is 11.4. The van der Waals surface area contributed by atoms with Crippen molar-refractivity contribution in [2.75, 3.05) is 4.90 Å². The molecule has 0 amide bonds. The van der Waals surface area contributed by atoms with Crippen molar-refractivity contribution in [3.8, 4) is 44.8 Å². The van der Waals surface area contributed by atoms with Crippen molar-refractivity contribution in [2.45, 2.75) is 0 Å². The summed E-state index contributed by atoms with van der Waals surface area (Å²) in [7, 11) is 0. The molecule has 0 unspecified atom stereocenters. The van der Waals surface area contributed by atoms with Gasteiger partial charge >= 0.3 is 0 Å². The number of anilines is 3. The Morgan fingerprint density at radius 1 is 0.340 bits per heavy atom. The number of para-hydroxylation sites is 1. The van der Waals surface area contributed by atoms with Gasteiger partial charge in [-0.25, -0.2) is 4.98 Å². The summed E-state index contributed by atoms with van der Waals surface area (Å²) in [5, 5.41) is 1.98. The van der Waals surface area contributed by atoms with Crippen LogP contribution in [0.3, 0.4) is 0 Å². The van der Waals surface area contributed by atoms with Crippen LogP contribution in [0.15, 0.2) is 203 Å². The minimum Gasteiger partial charge on any atom is -0.456 e. The van der Waals surface area contributed by atoms with Crippen molar-refractivity contribution in [3.63, 3.8) is 0 Å². The molecular weight excluding hydrogens is 649 g/mol. The van der Waals surface area contributed by atoms with Gasteiger partial charge in [-0.1, -0.05) is 121 Å². The Bertz CT molecular complexity index is 2860. The van der Waals surface area contributed by atoms with E-state index in [1.54, 1.807) is 0 Å². The van der Waals surface area contributed by atoms with Crippen molar-refractivity contribution in [1.82, 2.24) is 4.98 Å². The van der Waals surface area contributed by atoms with Gasteiger partial charge in [0.25, 0.3) is 0 Å². The molecule has 8 aromatic carbocycles. The van der Waals surface area contributed by atoms with Gasteiger partial charge in [-0.05, 0) is 106 Å². The van der Waals surface area contributed by atoms with Gasteiger partial charge in [-0.15, -0.1) is 0 Å². The van der Waals surface area contributed by atoms with Crippen LogP contribution in [0.4, 0.5) is 17.1 Å². The van der Waals surface area contributed by atoms with E-state index in [1.807, 2.05) is 42.5 Å². The Morgan fingerprint density at radius 3 is 1.55 bits per heavy atom. The predicted molar refractivity (Wildman–Crippen MR) is 218 cm³/mol. The number of benzene rings is 8. The lowest BCUT2D eigenvalue weighted by Gasteiger charge is -2.26. The summed E-state index contributed by atoms with van der Waals surface area (Å²) < 4.78 is 12.5. The largest absolute Gasteiger partial charge is 0.456 e. The van der Waals surface area contributed by atoms with Crippen LogP contribution in [0.1, 0.15) is 0 Å². The quantitative estimate of drug-likeness (QED) is 0.168. The van der Waals surface area contributed by atoms with Crippen molar-refractivity contribution >= 4 is 50.1 Å². The molecular formula is C49H32N2O2. The van der Waals surface area contributed by atoms with E-state index in [1.165, 1.54) is 16.7 Å². The van der Waals surface area contributed by atoms with Crippen molar-refractivity contribution in [2.24, 2.45) is 0 Å². The van der Waals surface area contributed by atoms with E-state index >= 15 is 0 Å². The van der Waals surface area contributed by atoms with Crippen LogP contribution in [-0.2, 0) is 0 Å². The first kappa shape index (κ1) is 30.6. The van der Waals surface area contributed by atoms with Gasteiger partial charge in [0.15, 0.2) is 5.58 Å². The van der Waals surface area contributed by atoms with E-state index in [4.69, 9.17) is 13.8 Å². The summed E-state index contributed by atoms with van der Waals surface area (Å²) in [6.07, 6.45) is 0. The molecule has 2 heterocycles. The second-order valence-corrected chi connectivity index (χ2v) is 13.2. The van der Waals surface area contributed by atoms with Crippen molar-refractivity contribution in [1.29, 1.82) is 0 Å². The number of oxazole rings is 1. The van der Waals surface area contributed by atoms with Gasteiger partial charge in [0.05, 0.1) is 5.39 Å². The maximum atomic E-state index is 6.29. The van der Waals surface area contributed by atoms with Gasteiger partial charge in [-0.2, -0.15) is 0 Å². The molecule has 53 heavy (non-hydrogen) atoms. The number of hydrogen-bond acceptors (Lipinski definition) is 4. The molecule has 2 aromatic heterocycles. The summed E-state index contributed by atoms with van der Waals surface area (Å²) in [5.74, 6) is 0.601. The van der Waals surface area contributed by atoms with Gasteiger partial charge in [0, 0.05) is 28.0 Å². The van der Waals surface area contributed by atoms with Gasteiger partial charge < -0.3 is 13.7 Å². The third kappa shape index (κ3) is 5.63. The molecule has 0 fully saturated rings. The first-order chi connectivity index (χ1) is 26.2. The van der Waals surface area contributed by atoms with Crippen LogP contribution >= 0.6 is 0 Å². The maximum Gasteiger partial charge on any atom is 0.227 e. The molecule has 0 saturated carbocycles. The molecule has 10 aromatic rings. The summed E-state index contributed by atoms with van der Waals surface area (Å²) in [4.78, 5) is 7.24. The Hall–Kier alpha value is -7.17. The summed E-state index contributed by atoms with van der Waals surface area (Å²) in [6.45, 7) is 0. The number of hydrogen-bond donors (Lipinski definition) is 0. The third-order valence-corrected chi connectivity index (χ3v) is 9.92. The Kier molecular flexibility index (Phi) is 7.43. The highest BCUT2D eigenvalue weighted by molar-refractivity contribution is 6.17. The topological polar surface area (TPSA) is 42.4 Å². The number of fused-ring (bicyclic) bond motifs is 5. The fraction of sp³-hybridized carbons (Fsp3) is 0. The molecule has 0 radical (unpaired) electrons. The van der Waals surface area contributed by atoms with Crippen LogP contribution < -0.4 is 4.90 Å². The highest BCUT2D eigenvalue weighted by Crippen LogP contribution is 2.40. The molecule has 0 atom stereocenters. The van der Waals surface area contributed by atoms with Crippen LogP contribution in [-0.4, -0.2) is 4.98 Å². The monoisotopic (exact) mass is 680 g/mol. The molecule has 0 N–H and O–H groups in total. The lowest BCUT2D eigenvalue weighted by atomic mass is 9.99. The number of furan rings is 1. The van der Waals surface area contributed by atoms with E-state index in [0.717, 1.165) is 72.4 Å². The molecule has 250 valence electrons. The van der Waals surface area contributed by atoms with Gasteiger partial charge in [0.2, 0.25) is 5.89 Å². The zero-order chi connectivity index (χ0) is 35.1. The maximum absolute atomic E-state index is 6.29. The SMILES string of the molecule is c1ccc(-c2ccc(-c3cccc(N(c4ccccc4)c4ccc(-c5ccc6oc7ccc8oc(-c9ccccc9)nc8c7c6c5)cc4)c3)cc2)cc1. The van der Waals surface area contributed by atoms with E-state index in [2.05, 4.69) is 157 Å². The van der Waals surface area contributed by atoms with Crippen molar-refractivity contribution in [3.05, 3.63) is 194 Å². The fourth-order valence-corrected chi connectivity index (χ4v) is 7.27. The minimum absolute atomic E-state index is 0.601. The molecule has 4 nitrogen and oxygen atoms in total. The Labute approximate surface area is 306 Å². The Balaban J connectivity index is 1.01. The fourth-order valence-electron chi connectivity index (χ4n) is 7.27. The van der Waals surface area contributed by atoms with Crippen molar-refractivity contribution < 1.29 is 8.83 Å². The van der Waals surface area contributed by atoms with Crippen LogP contribution in [0, 0.1) is 0 Å². The highest BCUT2D eigenvalue weighted by Gasteiger charge is 2.18. The molecule has 0 aliphatic carbocycles. The molecule has 0 saturated heterocycles. The third-order valence-electron chi connectivity index (χ3n) is 9.92. The summed E-state index contributed by atoms with van der Waals surface area (Å²) >= 11 is 0. The number of rotatable bonds is 7. The average molecular weight is 681 g/mol. The summed E-state index contributed by atoms with van der Waals surface area (Å²) in [5.41, 5.74) is 14.3. The molecule has 0 aliphatic heterocycles. The predicted octanol–water partition coefficient (Wildman–Crippen LogP) is 13.9. The molecule has 0 spiro atoms. The smallest absolute Gasteiger partial charge is 0.227 e. The van der Waals surface area contributed by atoms with Crippen LogP contribution in [0.5, 0.6) is 0 Å². The molecule has 10 rings (SSSR count). The second-order valence-electron chi connectivity index (χ2n) is 13.2. The zero-order valence-corrected chi connectivity index (χ0v) is 28.7. The average Bonchev–Trinajstić information content (AvgIpc) is 3.84. The van der Waals surface area contributed by atoms with E-state index in [9.17, 15) is 0 Å². The molecule has 4 heteroatoms. The highest BCUT2D eigenvalue weighted by atomic mass is 16.4. The minimum atomic E-state index is 0.601. The van der Waals surface area contributed by atoms with E-state index < -0.39 is 0 Å². The molecule has 0 bridgehead atoms. The first-order valence-electron chi connectivity index (χ1n) is 17.8. The van der Waals surface area contributed by atoms with Gasteiger partial charge in [0.1, 0.15) is 16.7 Å². The number of aromatic nitrogens is 1. The van der Waals surface area contributed by atoms with Crippen LogP contribution in [0.2, 0.25) is 0 Å². The number of nitrogens with zero attached hydrogens (tertiary/aromatic N) is 2. The lowest BCUT2D eigenvalue weighted by molar-refractivity contribution is 0.619. The lowest BCUT2D eigenvalue weighted by Crippen LogP contribution is -2.09. The van der Waals surface area contributed by atoms with E-state index in [-0.39, 0.29) is 0 Å². The Morgan fingerprint density at radius 2 is 0.830 bits per heavy atom. The second kappa shape index (κ2) is 12.9. The van der Waals surface area contributed by atoms with Gasteiger partial charge in [-0.3, -0.25) is 0 Å². The standard InChI is InChI=1S/C49H32N2O2/c1-4-11-33(12-5-1)34-19-21-35(22-20-34)38-15-10-18-42(31-38)51(40-16-8-3-9-17-40)41-26-23-36(24-27-41)39-25-28-44-43(32-39)47-45(52-44)29-30-46-48(47)50-49(53-46)37-13-6-2-7-14-37/h1-32H.